The Morgan fingerprint density at radius 2 is 2.26 bits per heavy atom. The Hall–Kier alpha value is -1.86. The van der Waals surface area contributed by atoms with E-state index in [-0.39, 0.29) is 0 Å². The first kappa shape index (κ1) is 12.2. The fourth-order valence-corrected chi connectivity index (χ4v) is 2.45. The standard InChI is InChI=1S/C15H17N3O/c1-10(2)5-14-17-12-4-3-11(6-13(12)18-14)15(7-16)8-19-9-15/h3-4,6,10H,5,8-9H2,1-2H3,(H,17,18). The van der Waals surface area contributed by atoms with E-state index in [4.69, 9.17) is 4.74 Å². The highest BCUT2D eigenvalue weighted by Crippen LogP contribution is 2.33. The summed E-state index contributed by atoms with van der Waals surface area (Å²) in [6.45, 7) is 5.33. The molecule has 4 nitrogen and oxygen atoms in total. The number of rotatable bonds is 3. The maximum Gasteiger partial charge on any atom is 0.129 e. The summed E-state index contributed by atoms with van der Waals surface area (Å²) in [6.07, 6.45) is 0.941. The number of aromatic nitrogens is 2. The molecule has 1 aromatic carbocycles. The number of nitriles is 1. The highest BCUT2D eigenvalue weighted by atomic mass is 16.5. The molecule has 0 bridgehead atoms. The lowest BCUT2D eigenvalue weighted by Gasteiger charge is -2.35. The second-order valence-corrected chi connectivity index (χ2v) is 5.70. The molecular weight excluding hydrogens is 238 g/mol. The largest absolute Gasteiger partial charge is 0.377 e. The zero-order valence-corrected chi connectivity index (χ0v) is 11.2. The smallest absolute Gasteiger partial charge is 0.129 e. The van der Waals surface area contributed by atoms with Crippen LogP contribution in [0, 0.1) is 17.2 Å². The Labute approximate surface area is 112 Å². The van der Waals surface area contributed by atoms with Crippen molar-refractivity contribution < 1.29 is 4.74 Å². The molecular formula is C15H17N3O. The molecule has 1 aliphatic heterocycles. The Morgan fingerprint density at radius 1 is 1.47 bits per heavy atom. The van der Waals surface area contributed by atoms with E-state index in [9.17, 15) is 5.26 Å². The van der Waals surface area contributed by atoms with Crippen molar-refractivity contribution >= 4 is 11.0 Å². The molecule has 0 amide bonds. The van der Waals surface area contributed by atoms with Crippen molar-refractivity contribution in [2.24, 2.45) is 5.92 Å². The molecule has 1 fully saturated rings. The van der Waals surface area contributed by atoms with Crippen LogP contribution in [0.5, 0.6) is 0 Å². The van der Waals surface area contributed by atoms with Gasteiger partial charge >= 0.3 is 0 Å². The predicted molar refractivity (Wildman–Crippen MR) is 72.7 cm³/mol. The van der Waals surface area contributed by atoms with Crippen LogP contribution in [0.1, 0.15) is 25.2 Å². The third kappa shape index (κ3) is 2.00. The quantitative estimate of drug-likeness (QED) is 0.916. The highest BCUT2D eigenvalue weighted by molar-refractivity contribution is 5.76. The molecule has 2 heterocycles. The van der Waals surface area contributed by atoms with Crippen LogP contribution >= 0.6 is 0 Å². The number of imidazole rings is 1. The highest BCUT2D eigenvalue weighted by Gasteiger charge is 2.40. The van der Waals surface area contributed by atoms with Gasteiger partial charge < -0.3 is 9.72 Å². The van der Waals surface area contributed by atoms with E-state index in [2.05, 4.69) is 29.9 Å². The van der Waals surface area contributed by atoms with Crippen molar-refractivity contribution in [2.75, 3.05) is 13.2 Å². The van der Waals surface area contributed by atoms with Crippen LogP contribution in [-0.2, 0) is 16.6 Å². The molecule has 98 valence electrons. The van der Waals surface area contributed by atoms with Crippen molar-refractivity contribution in [3.05, 3.63) is 29.6 Å². The van der Waals surface area contributed by atoms with Crippen molar-refractivity contribution in [3.8, 4) is 6.07 Å². The van der Waals surface area contributed by atoms with Crippen LogP contribution in [0.4, 0.5) is 0 Å². The molecule has 0 atom stereocenters. The second-order valence-electron chi connectivity index (χ2n) is 5.70. The molecule has 0 unspecified atom stereocenters. The summed E-state index contributed by atoms with van der Waals surface area (Å²) in [7, 11) is 0. The lowest BCUT2D eigenvalue weighted by atomic mass is 9.80. The van der Waals surface area contributed by atoms with Gasteiger partial charge in [-0.2, -0.15) is 5.26 Å². The molecule has 19 heavy (non-hydrogen) atoms. The number of ether oxygens (including phenoxy) is 1. The fraction of sp³-hybridized carbons (Fsp3) is 0.467. The van der Waals surface area contributed by atoms with Gasteiger partial charge in [0.1, 0.15) is 11.2 Å². The van der Waals surface area contributed by atoms with Gasteiger partial charge in [0.2, 0.25) is 0 Å². The van der Waals surface area contributed by atoms with Crippen LogP contribution in [0.15, 0.2) is 18.2 Å². The van der Waals surface area contributed by atoms with E-state index in [1.807, 2.05) is 18.2 Å². The lowest BCUT2D eigenvalue weighted by molar-refractivity contribution is -0.0297. The summed E-state index contributed by atoms with van der Waals surface area (Å²) >= 11 is 0. The third-order valence-electron chi connectivity index (χ3n) is 3.60. The van der Waals surface area contributed by atoms with Crippen molar-refractivity contribution in [3.63, 3.8) is 0 Å². The summed E-state index contributed by atoms with van der Waals surface area (Å²) in [5.74, 6) is 1.59. The van der Waals surface area contributed by atoms with Gasteiger partial charge in [0.25, 0.3) is 0 Å². The molecule has 1 aliphatic rings. The van der Waals surface area contributed by atoms with Crippen LogP contribution in [0.25, 0.3) is 11.0 Å². The summed E-state index contributed by atoms with van der Waals surface area (Å²) in [5.41, 5.74) is 2.54. The molecule has 3 rings (SSSR count). The zero-order chi connectivity index (χ0) is 13.5. The number of hydrogen-bond donors (Lipinski definition) is 1. The summed E-state index contributed by atoms with van der Waals surface area (Å²) in [4.78, 5) is 7.93. The number of hydrogen-bond acceptors (Lipinski definition) is 3. The molecule has 0 aliphatic carbocycles. The number of fused-ring (bicyclic) bond motifs is 1. The second kappa shape index (κ2) is 4.36. The minimum atomic E-state index is -0.461. The normalized spacial score (nSPS) is 17.4. The molecule has 0 spiro atoms. The van der Waals surface area contributed by atoms with Crippen molar-refractivity contribution in [1.29, 1.82) is 5.26 Å². The number of nitrogens with zero attached hydrogens (tertiary/aromatic N) is 2. The molecule has 0 saturated carbocycles. The SMILES string of the molecule is CC(C)Cc1nc2ccc(C3(C#N)COC3)cc2[nH]1. The number of H-pyrrole nitrogens is 1. The Morgan fingerprint density at radius 3 is 2.84 bits per heavy atom. The maximum atomic E-state index is 9.33. The van der Waals surface area contributed by atoms with Gasteiger partial charge in [0.05, 0.1) is 30.3 Å². The Balaban J connectivity index is 1.99. The maximum absolute atomic E-state index is 9.33. The van der Waals surface area contributed by atoms with Gasteiger partial charge in [-0.1, -0.05) is 19.9 Å². The van der Waals surface area contributed by atoms with Gasteiger partial charge in [0.15, 0.2) is 0 Å². The van der Waals surface area contributed by atoms with Crippen molar-refractivity contribution in [2.45, 2.75) is 25.7 Å². The lowest BCUT2D eigenvalue weighted by Crippen LogP contribution is -2.45. The van der Waals surface area contributed by atoms with Crippen LogP contribution in [-0.4, -0.2) is 23.2 Å². The van der Waals surface area contributed by atoms with E-state index in [0.29, 0.717) is 19.1 Å². The van der Waals surface area contributed by atoms with Gasteiger partial charge in [-0.05, 0) is 23.6 Å². The van der Waals surface area contributed by atoms with E-state index in [1.165, 1.54) is 0 Å². The van der Waals surface area contributed by atoms with Gasteiger partial charge in [-0.3, -0.25) is 0 Å². The fourth-order valence-electron chi connectivity index (χ4n) is 2.45. The average molecular weight is 255 g/mol. The first-order valence-corrected chi connectivity index (χ1v) is 6.61. The van der Waals surface area contributed by atoms with E-state index < -0.39 is 5.41 Å². The van der Waals surface area contributed by atoms with Gasteiger partial charge in [-0.25, -0.2) is 4.98 Å². The Bertz CT molecular complexity index is 647. The van der Waals surface area contributed by atoms with Crippen molar-refractivity contribution in [1.82, 2.24) is 9.97 Å². The average Bonchev–Trinajstić information content (AvgIpc) is 2.68. The van der Waals surface area contributed by atoms with Gasteiger partial charge in [0, 0.05) is 6.42 Å². The summed E-state index contributed by atoms with van der Waals surface area (Å²) in [5, 5.41) is 9.33. The Kier molecular flexibility index (Phi) is 2.79. The van der Waals surface area contributed by atoms with E-state index >= 15 is 0 Å². The number of benzene rings is 1. The summed E-state index contributed by atoms with van der Waals surface area (Å²) < 4.78 is 5.21. The van der Waals surface area contributed by atoms with Gasteiger partial charge in [-0.15, -0.1) is 0 Å². The van der Waals surface area contributed by atoms with Crippen LogP contribution < -0.4 is 0 Å². The van der Waals surface area contributed by atoms with E-state index in [0.717, 1.165) is 28.8 Å². The first-order chi connectivity index (χ1) is 9.13. The molecule has 0 radical (unpaired) electrons. The number of aromatic amines is 1. The first-order valence-electron chi connectivity index (χ1n) is 6.61. The molecule has 2 aromatic rings. The zero-order valence-electron chi connectivity index (χ0n) is 11.2. The number of nitrogens with one attached hydrogen (secondary N) is 1. The molecule has 1 aromatic heterocycles. The van der Waals surface area contributed by atoms with Crippen LogP contribution in [0.2, 0.25) is 0 Å². The molecule has 1 saturated heterocycles. The topological polar surface area (TPSA) is 61.7 Å². The minimum Gasteiger partial charge on any atom is -0.377 e. The molecule has 1 N–H and O–H groups in total. The van der Waals surface area contributed by atoms with Crippen LogP contribution in [0.3, 0.4) is 0 Å². The predicted octanol–water partition coefficient (Wildman–Crippen LogP) is 2.55. The minimum absolute atomic E-state index is 0.461. The monoisotopic (exact) mass is 255 g/mol. The molecule has 4 heteroatoms. The summed E-state index contributed by atoms with van der Waals surface area (Å²) in [6, 6.07) is 8.40. The third-order valence-corrected chi connectivity index (χ3v) is 3.60. The van der Waals surface area contributed by atoms with E-state index in [1.54, 1.807) is 0 Å².